The molecule has 88 valence electrons. The number of nitrogens with one attached hydrogen (secondary N) is 1. The molecule has 0 aliphatic rings. The molecule has 1 heterocycles. The Hall–Kier alpha value is -1.69. The molecule has 0 bridgehead atoms. The second-order valence-corrected chi connectivity index (χ2v) is 4.27. The summed E-state index contributed by atoms with van der Waals surface area (Å²) < 4.78 is 18.0. The summed E-state index contributed by atoms with van der Waals surface area (Å²) in [6.07, 6.45) is 1.31. The topological polar surface area (TPSA) is 55.1 Å². The van der Waals surface area contributed by atoms with Gasteiger partial charge in [-0.2, -0.15) is 0 Å². The Morgan fingerprint density at radius 3 is 2.94 bits per heavy atom. The molecule has 2 rings (SSSR count). The van der Waals surface area contributed by atoms with Crippen molar-refractivity contribution in [2.24, 2.45) is 0 Å². The predicted molar refractivity (Wildman–Crippen MR) is 63.3 cm³/mol. The number of aryl methyl sites for hydroxylation is 1. The van der Waals surface area contributed by atoms with Crippen LogP contribution < -0.4 is 5.32 Å². The molecule has 0 spiro atoms. The van der Waals surface area contributed by atoms with Gasteiger partial charge in [-0.05, 0) is 40.5 Å². The molecule has 0 saturated heterocycles. The van der Waals surface area contributed by atoms with Crippen LogP contribution in [0, 0.1) is 12.7 Å². The van der Waals surface area contributed by atoms with Crippen LogP contribution in [0.25, 0.3) is 0 Å². The van der Waals surface area contributed by atoms with Crippen molar-refractivity contribution in [2.75, 3.05) is 5.32 Å². The molecule has 17 heavy (non-hydrogen) atoms. The molecule has 0 fully saturated rings. The molecule has 1 aromatic carbocycles. The van der Waals surface area contributed by atoms with Gasteiger partial charge < -0.3 is 9.84 Å². The fourth-order valence-electron chi connectivity index (χ4n) is 1.30. The molecule has 1 aromatic heterocycles. The first-order valence-corrected chi connectivity index (χ1v) is 5.54. The lowest BCUT2D eigenvalue weighted by molar-refractivity contribution is 0.101. The van der Waals surface area contributed by atoms with Crippen molar-refractivity contribution in [2.45, 2.75) is 6.92 Å². The van der Waals surface area contributed by atoms with Crippen molar-refractivity contribution in [3.05, 3.63) is 46.0 Å². The number of benzene rings is 1. The smallest absolute Gasteiger partial charge is 0.277 e. The van der Waals surface area contributed by atoms with Gasteiger partial charge in [0.1, 0.15) is 12.1 Å². The van der Waals surface area contributed by atoms with Crippen molar-refractivity contribution in [3.8, 4) is 0 Å². The summed E-state index contributed by atoms with van der Waals surface area (Å²) in [6.45, 7) is 1.70. The predicted octanol–water partition coefficient (Wildman–Crippen LogP) is 3.14. The standard InChI is InChI=1S/C11H8BrFN2O2/c1-6-4-8(13)7(12)5-10(6)14-11(16)9-2-3-17-15-9/h2-5H,1H3,(H,14,16). The van der Waals surface area contributed by atoms with Gasteiger partial charge in [-0.15, -0.1) is 0 Å². The van der Waals surface area contributed by atoms with Crippen LogP contribution in [-0.2, 0) is 0 Å². The average molecular weight is 299 g/mol. The number of nitrogens with zero attached hydrogens (tertiary/aromatic N) is 1. The third-order valence-electron chi connectivity index (χ3n) is 2.19. The van der Waals surface area contributed by atoms with Crippen LogP contribution in [0.5, 0.6) is 0 Å². The summed E-state index contributed by atoms with van der Waals surface area (Å²) in [5.41, 5.74) is 1.32. The molecule has 1 amide bonds. The molecule has 2 aromatic rings. The molecule has 1 N–H and O–H groups in total. The van der Waals surface area contributed by atoms with E-state index >= 15 is 0 Å². The maximum absolute atomic E-state index is 13.2. The maximum atomic E-state index is 13.2. The minimum atomic E-state index is -0.402. The van der Waals surface area contributed by atoms with Gasteiger partial charge in [-0.3, -0.25) is 4.79 Å². The SMILES string of the molecule is Cc1cc(F)c(Br)cc1NC(=O)c1ccon1. The zero-order valence-electron chi connectivity index (χ0n) is 8.83. The summed E-state index contributed by atoms with van der Waals surface area (Å²) in [7, 11) is 0. The third-order valence-corrected chi connectivity index (χ3v) is 2.79. The molecule has 0 radical (unpaired) electrons. The second-order valence-electron chi connectivity index (χ2n) is 3.42. The van der Waals surface area contributed by atoms with Crippen LogP contribution in [0.3, 0.4) is 0 Å². The van der Waals surface area contributed by atoms with E-state index in [9.17, 15) is 9.18 Å². The van der Waals surface area contributed by atoms with Gasteiger partial charge in [0.05, 0.1) is 4.47 Å². The Morgan fingerprint density at radius 1 is 1.53 bits per heavy atom. The van der Waals surface area contributed by atoms with Crippen LogP contribution >= 0.6 is 15.9 Å². The number of carbonyl (C=O) groups is 1. The average Bonchev–Trinajstić information content (AvgIpc) is 2.79. The molecular formula is C11H8BrFN2O2. The number of carbonyl (C=O) groups excluding carboxylic acids is 1. The first-order chi connectivity index (χ1) is 8.08. The highest BCUT2D eigenvalue weighted by Gasteiger charge is 2.12. The van der Waals surface area contributed by atoms with E-state index in [1.165, 1.54) is 24.5 Å². The molecule has 0 atom stereocenters. The Bertz CT molecular complexity index is 555. The fourth-order valence-corrected chi connectivity index (χ4v) is 1.64. The first-order valence-electron chi connectivity index (χ1n) is 4.75. The largest absolute Gasteiger partial charge is 0.364 e. The molecular weight excluding hydrogens is 291 g/mol. The minimum Gasteiger partial charge on any atom is -0.364 e. The van der Waals surface area contributed by atoms with E-state index in [1.807, 2.05) is 0 Å². The molecule has 0 unspecified atom stereocenters. The van der Waals surface area contributed by atoms with Crippen molar-refractivity contribution in [1.29, 1.82) is 0 Å². The molecule has 4 nitrogen and oxygen atoms in total. The van der Waals surface area contributed by atoms with Gasteiger partial charge in [0.25, 0.3) is 5.91 Å². The molecule has 0 aliphatic heterocycles. The van der Waals surface area contributed by atoms with Crippen LogP contribution in [0.2, 0.25) is 0 Å². The summed E-state index contributed by atoms with van der Waals surface area (Å²) in [6, 6.07) is 4.29. The number of halogens is 2. The zero-order valence-corrected chi connectivity index (χ0v) is 10.4. The summed E-state index contributed by atoms with van der Waals surface area (Å²) in [5, 5.41) is 6.13. The number of anilines is 1. The monoisotopic (exact) mass is 298 g/mol. The van der Waals surface area contributed by atoms with Crippen molar-refractivity contribution in [3.63, 3.8) is 0 Å². The summed E-state index contributed by atoms with van der Waals surface area (Å²) in [5.74, 6) is -0.776. The highest BCUT2D eigenvalue weighted by molar-refractivity contribution is 9.10. The minimum absolute atomic E-state index is 0.171. The fraction of sp³-hybridized carbons (Fsp3) is 0.0909. The van der Waals surface area contributed by atoms with Crippen LogP contribution in [-0.4, -0.2) is 11.1 Å². The summed E-state index contributed by atoms with van der Waals surface area (Å²) >= 11 is 3.06. The zero-order chi connectivity index (χ0) is 12.4. The number of hydrogen-bond donors (Lipinski definition) is 1. The third kappa shape index (κ3) is 2.52. The molecule has 0 saturated carbocycles. The Labute approximate surface area is 105 Å². The summed E-state index contributed by atoms with van der Waals surface area (Å²) in [4.78, 5) is 11.7. The van der Waals surface area contributed by atoms with Gasteiger partial charge >= 0.3 is 0 Å². The van der Waals surface area contributed by atoms with Gasteiger partial charge in [0, 0.05) is 11.8 Å². The van der Waals surface area contributed by atoms with Crippen LogP contribution in [0.15, 0.2) is 33.5 Å². The number of hydrogen-bond acceptors (Lipinski definition) is 3. The van der Waals surface area contributed by atoms with E-state index < -0.39 is 5.91 Å². The Morgan fingerprint density at radius 2 is 2.29 bits per heavy atom. The highest BCUT2D eigenvalue weighted by Crippen LogP contribution is 2.24. The lowest BCUT2D eigenvalue weighted by Gasteiger charge is -2.08. The van der Waals surface area contributed by atoms with E-state index in [1.54, 1.807) is 6.92 Å². The van der Waals surface area contributed by atoms with Crippen LogP contribution in [0.4, 0.5) is 10.1 Å². The number of aromatic nitrogens is 1. The van der Waals surface area contributed by atoms with Gasteiger partial charge in [0.2, 0.25) is 0 Å². The lowest BCUT2D eigenvalue weighted by atomic mass is 10.2. The van der Waals surface area contributed by atoms with Crippen molar-refractivity contribution in [1.82, 2.24) is 5.16 Å². The number of rotatable bonds is 2. The van der Waals surface area contributed by atoms with E-state index in [2.05, 4.69) is 30.9 Å². The normalized spacial score (nSPS) is 10.3. The quantitative estimate of drug-likeness (QED) is 0.927. The van der Waals surface area contributed by atoms with Crippen molar-refractivity contribution >= 4 is 27.5 Å². The van der Waals surface area contributed by atoms with E-state index in [0.29, 0.717) is 15.7 Å². The van der Waals surface area contributed by atoms with Gasteiger partial charge in [0.15, 0.2) is 5.69 Å². The number of amides is 1. The molecule has 6 heteroatoms. The highest BCUT2D eigenvalue weighted by atomic mass is 79.9. The molecule has 0 aliphatic carbocycles. The van der Waals surface area contributed by atoms with Gasteiger partial charge in [-0.1, -0.05) is 5.16 Å². The lowest BCUT2D eigenvalue weighted by Crippen LogP contribution is -2.13. The van der Waals surface area contributed by atoms with Crippen molar-refractivity contribution < 1.29 is 13.7 Å². The second kappa shape index (κ2) is 4.67. The van der Waals surface area contributed by atoms with E-state index in [0.717, 1.165) is 0 Å². The maximum Gasteiger partial charge on any atom is 0.277 e. The van der Waals surface area contributed by atoms with E-state index in [4.69, 9.17) is 0 Å². The van der Waals surface area contributed by atoms with Gasteiger partial charge in [-0.25, -0.2) is 4.39 Å². The Balaban J connectivity index is 2.25. The first kappa shape index (κ1) is 11.8. The van der Waals surface area contributed by atoms with Crippen LogP contribution in [0.1, 0.15) is 16.1 Å². The Kier molecular flexibility index (Phi) is 3.23. The van der Waals surface area contributed by atoms with E-state index in [-0.39, 0.29) is 11.5 Å².